The number of para-hydroxylation sites is 1. The third-order valence-corrected chi connectivity index (χ3v) is 5.14. The molecule has 166 valence electrons. The molecule has 8 nitrogen and oxygen atoms in total. The molecule has 2 N–H and O–H groups in total. The van der Waals surface area contributed by atoms with Gasteiger partial charge in [0.15, 0.2) is 5.76 Å². The van der Waals surface area contributed by atoms with Gasteiger partial charge in [-0.15, -0.1) is 0 Å². The Morgan fingerprint density at radius 2 is 1.61 bits per heavy atom. The van der Waals surface area contributed by atoms with E-state index in [-0.39, 0.29) is 22.7 Å². The van der Waals surface area contributed by atoms with Gasteiger partial charge in [-0.25, -0.2) is 4.68 Å². The number of furan rings is 1. The Labute approximate surface area is 189 Å². The molecule has 33 heavy (non-hydrogen) atoms. The fourth-order valence-electron chi connectivity index (χ4n) is 3.36. The maximum Gasteiger partial charge on any atom is 0.295 e. The molecule has 2 aromatic heterocycles. The molecular formula is C25H22N4O4. The number of hydrogen-bond donors (Lipinski definition) is 2. The third-order valence-electron chi connectivity index (χ3n) is 5.14. The number of amides is 2. The maximum absolute atomic E-state index is 13.2. The molecule has 8 heteroatoms. The van der Waals surface area contributed by atoms with Crippen LogP contribution in [0.1, 0.15) is 21.8 Å². The highest BCUT2D eigenvalue weighted by Crippen LogP contribution is 2.16. The summed E-state index contributed by atoms with van der Waals surface area (Å²) in [4.78, 5) is 38.9. The van der Waals surface area contributed by atoms with Crippen molar-refractivity contribution in [3.8, 4) is 5.69 Å². The molecule has 2 aromatic carbocycles. The van der Waals surface area contributed by atoms with Gasteiger partial charge in [-0.3, -0.25) is 19.1 Å². The summed E-state index contributed by atoms with van der Waals surface area (Å²) in [7, 11) is 1.73. The molecule has 2 amide bonds. The number of benzene rings is 2. The number of anilines is 1. The zero-order valence-electron chi connectivity index (χ0n) is 18.1. The van der Waals surface area contributed by atoms with Gasteiger partial charge in [-0.1, -0.05) is 48.5 Å². The van der Waals surface area contributed by atoms with Gasteiger partial charge in [0.05, 0.1) is 17.6 Å². The van der Waals surface area contributed by atoms with Crippen molar-refractivity contribution in [2.75, 3.05) is 5.32 Å². The van der Waals surface area contributed by atoms with E-state index in [1.54, 1.807) is 49.0 Å². The minimum atomic E-state index is -0.634. The SMILES string of the molecule is Cc1c(NC(=O)/C(=C/c2ccccc2)NC(=O)c2ccco2)c(=O)n(-c2ccccc2)n1C. The Balaban J connectivity index is 1.68. The van der Waals surface area contributed by atoms with Crippen LogP contribution in [0, 0.1) is 6.92 Å². The number of nitrogens with zero attached hydrogens (tertiary/aromatic N) is 2. The standard InChI is InChI=1S/C25H22N4O4/c1-17-22(25(32)29(28(17)2)19-12-7-4-8-13-19)27-23(30)20(16-18-10-5-3-6-11-18)26-24(31)21-14-9-15-33-21/h3-16H,1-2H3,(H,26,31)(H,27,30)/b20-16-. The predicted octanol–water partition coefficient (Wildman–Crippen LogP) is 3.49. The molecule has 2 heterocycles. The van der Waals surface area contributed by atoms with Gasteiger partial charge >= 0.3 is 0 Å². The van der Waals surface area contributed by atoms with E-state index >= 15 is 0 Å². The molecule has 4 aromatic rings. The van der Waals surface area contributed by atoms with Crippen molar-refractivity contribution < 1.29 is 14.0 Å². The highest BCUT2D eigenvalue weighted by atomic mass is 16.3. The first kappa shape index (κ1) is 21.6. The van der Waals surface area contributed by atoms with Crippen molar-refractivity contribution in [2.24, 2.45) is 7.05 Å². The Morgan fingerprint density at radius 1 is 0.939 bits per heavy atom. The summed E-state index contributed by atoms with van der Waals surface area (Å²) >= 11 is 0. The molecule has 0 bridgehead atoms. The summed E-state index contributed by atoms with van der Waals surface area (Å²) in [5.74, 6) is -1.15. The summed E-state index contributed by atoms with van der Waals surface area (Å²) in [6, 6.07) is 21.2. The van der Waals surface area contributed by atoms with Crippen LogP contribution in [0.2, 0.25) is 0 Å². The van der Waals surface area contributed by atoms with Gasteiger partial charge in [0.2, 0.25) is 0 Å². The molecule has 0 atom stereocenters. The lowest BCUT2D eigenvalue weighted by molar-refractivity contribution is -0.113. The summed E-state index contributed by atoms with van der Waals surface area (Å²) in [6.07, 6.45) is 2.90. The topological polar surface area (TPSA) is 98.3 Å². The maximum atomic E-state index is 13.2. The lowest BCUT2D eigenvalue weighted by Gasteiger charge is -2.10. The Morgan fingerprint density at radius 3 is 2.24 bits per heavy atom. The van der Waals surface area contributed by atoms with Crippen LogP contribution < -0.4 is 16.2 Å². The summed E-state index contributed by atoms with van der Waals surface area (Å²) in [5, 5.41) is 5.25. The Hall–Kier alpha value is -4.59. The van der Waals surface area contributed by atoms with Gasteiger partial charge in [0.1, 0.15) is 11.4 Å². The lowest BCUT2D eigenvalue weighted by Crippen LogP contribution is -2.32. The Kier molecular flexibility index (Phi) is 6.08. The van der Waals surface area contributed by atoms with Gasteiger partial charge in [-0.05, 0) is 42.8 Å². The average molecular weight is 442 g/mol. The molecule has 0 aliphatic heterocycles. The molecule has 4 rings (SSSR count). The smallest absolute Gasteiger partial charge is 0.295 e. The molecule has 0 radical (unpaired) electrons. The molecule has 0 aliphatic rings. The van der Waals surface area contributed by atoms with Crippen molar-refractivity contribution >= 4 is 23.6 Å². The number of nitrogens with one attached hydrogen (secondary N) is 2. The normalized spacial score (nSPS) is 11.3. The summed E-state index contributed by atoms with van der Waals surface area (Å²) in [5.41, 5.74) is 1.64. The quantitative estimate of drug-likeness (QED) is 0.447. The highest BCUT2D eigenvalue weighted by Gasteiger charge is 2.22. The number of carbonyl (C=O) groups is 2. The zero-order chi connectivity index (χ0) is 23.4. The van der Waals surface area contributed by atoms with Crippen molar-refractivity contribution in [1.29, 1.82) is 0 Å². The molecule has 0 saturated heterocycles. The molecule has 0 unspecified atom stereocenters. The van der Waals surface area contributed by atoms with E-state index in [2.05, 4.69) is 10.6 Å². The van der Waals surface area contributed by atoms with E-state index in [0.717, 1.165) is 0 Å². The monoisotopic (exact) mass is 442 g/mol. The van der Waals surface area contributed by atoms with Crippen LogP contribution in [-0.4, -0.2) is 21.2 Å². The first-order chi connectivity index (χ1) is 16.0. The van der Waals surface area contributed by atoms with E-state index in [1.165, 1.54) is 23.1 Å². The number of carbonyl (C=O) groups excluding carboxylic acids is 2. The van der Waals surface area contributed by atoms with Crippen LogP contribution in [0.3, 0.4) is 0 Å². The largest absolute Gasteiger partial charge is 0.459 e. The summed E-state index contributed by atoms with van der Waals surface area (Å²) < 4.78 is 8.25. The van der Waals surface area contributed by atoms with E-state index in [1.807, 2.05) is 36.4 Å². The van der Waals surface area contributed by atoms with Gasteiger partial charge in [-0.2, -0.15) is 0 Å². The van der Waals surface area contributed by atoms with Crippen LogP contribution >= 0.6 is 0 Å². The van der Waals surface area contributed by atoms with Crippen LogP contribution in [0.5, 0.6) is 0 Å². The summed E-state index contributed by atoms with van der Waals surface area (Å²) in [6.45, 7) is 1.73. The molecular weight excluding hydrogens is 420 g/mol. The van der Waals surface area contributed by atoms with E-state index in [4.69, 9.17) is 4.42 Å². The minimum absolute atomic E-state index is 0.0310. The molecule has 0 fully saturated rings. The number of hydrogen-bond acceptors (Lipinski definition) is 4. The van der Waals surface area contributed by atoms with Gasteiger partial charge < -0.3 is 15.1 Å². The minimum Gasteiger partial charge on any atom is -0.459 e. The second kappa shape index (κ2) is 9.27. The second-order valence-corrected chi connectivity index (χ2v) is 7.29. The van der Waals surface area contributed by atoms with E-state index < -0.39 is 11.8 Å². The van der Waals surface area contributed by atoms with Crippen molar-refractivity contribution in [3.05, 3.63) is 112 Å². The van der Waals surface area contributed by atoms with Crippen LogP contribution in [-0.2, 0) is 11.8 Å². The second-order valence-electron chi connectivity index (χ2n) is 7.29. The average Bonchev–Trinajstić information content (AvgIpc) is 3.44. The number of rotatable bonds is 6. The zero-order valence-corrected chi connectivity index (χ0v) is 18.1. The van der Waals surface area contributed by atoms with Crippen molar-refractivity contribution in [1.82, 2.24) is 14.7 Å². The first-order valence-electron chi connectivity index (χ1n) is 10.2. The van der Waals surface area contributed by atoms with Gasteiger partial charge in [0.25, 0.3) is 17.4 Å². The van der Waals surface area contributed by atoms with Crippen molar-refractivity contribution in [3.63, 3.8) is 0 Å². The third kappa shape index (κ3) is 4.54. The molecule has 0 spiro atoms. The predicted molar refractivity (Wildman–Crippen MR) is 125 cm³/mol. The molecule has 0 aliphatic carbocycles. The van der Waals surface area contributed by atoms with Crippen LogP contribution in [0.15, 0.2) is 94.0 Å². The lowest BCUT2D eigenvalue weighted by atomic mass is 10.2. The first-order valence-corrected chi connectivity index (χ1v) is 10.2. The fourth-order valence-corrected chi connectivity index (χ4v) is 3.36. The van der Waals surface area contributed by atoms with Crippen LogP contribution in [0.4, 0.5) is 5.69 Å². The fraction of sp³-hybridized carbons (Fsp3) is 0.0800. The van der Waals surface area contributed by atoms with E-state index in [0.29, 0.717) is 16.9 Å². The van der Waals surface area contributed by atoms with Gasteiger partial charge in [0, 0.05) is 7.05 Å². The van der Waals surface area contributed by atoms with Crippen molar-refractivity contribution in [2.45, 2.75) is 6.92 Å². The van der Waals surface area contributed by atoms with Crippen LogP contribution in [0.25, 0.3) is 11.8 Å². The van der Waals surface area contributed by atoms with E-state index in [9.17, 15) is 14.4 Å². The molecule has 0 saturated carbocycles. The number of aromatic nitrogens is 2. The Bertz CT molecular complexity index is 1370. The highest BCUT2D eigenvalue weighted by molar-refractivity contribution is 6.10.